The number of nitrogens with one attached hydrogen (secondary N) is 2. The van der Waals surface area contributed by atoms with Crippen LogP contribution in [0.1, 0.15) is 32.3 Å². The summed E-state index contributed by atoms with van der Waals surface area (Å²) < 4.78 is 1.56. The Hall–Kier alpha value is -2.58. The van der Waals surface area contributed by atoms with Crippen molar-refractivity contribution < 1.29 is 9.90 Å². The predicted octanol–water partition coefficient (Wildman–Crippen LogP) is 3.93. The van der Waals surface area contributed by atoms with Crippen LogP contribution in [0, 0.1) is 5.41 Å². The van der Waals surface area contributed by atoms with Gasteiger partial charge in [-0.2, -0.15) is 5.10 Å². The molecule has 0 radical (unpaired) electrons. The molecule has 10 heteroatoms. The van der Waals surface area contributed by atoms with Gasteiger partial charge in [0, 0.05) is 13.1 Å². The molecule has 0 saturated carbocycles. The Kier molecular flexibility index (Phi) is 6.14. The molecule has 0 aliphatic carbocycles. The van der Waals surface area contributed by atoms with E-state index < -0.39 is 11.4 Å². The number of hydrogen-bond donors (Lipinski definition) is 3. The van der Waals surface area contributed by atoms with Crippen LogP contribution in [-0.2, 0) is 17.9 Å². The molecule has 8 nitrogen and oxygen atoms in total. The fourth-order valence-corrected chi connectivity index (χ4v) is 3.19. The van der Waals surface area contributed by atoms with Crippen molar-refractivity contribution in [3.05, 3.63) is 50.4 Å². The molecule has 0 spiro atoms. The Morgan fingerprint density at radius 1 is 1.31 bits per heavy atom. The number of aliphatic carboxylic acids is 1. The number of carbonyl (C=O) groups is 1. The van der Waals surface area contributed by atoms with E-state index in [4.69, 9.17) is 23.2 Å². The van der Waals surface area contributed by atoms with Crippen LogP contribution in [-0.4, -0.2) is 30.8 Å². The summed E-state index contributed by atoms with van der Waals surface area (Å²) >= 11 is 11.9. The van der Waals surface area contributed by atoms with Gasteiger partial charge in [0.15, 0.2) is 5.52 Å². The third-order valence-corrected chi connectivity index (χ3v) is 5.43. The molecule has 3 aromatic rings. The third-order valence-electron chi connectivity index (χ3n) is 4.69. The van der Waals surface area contributed by atoms with Crippen LogP contribution in [0.25, 0.3) is 11.0 Å². The molecule has 29 heavy (non-hydrogen) atoms. The smallest absolute Gasteiger partial charge is 0.309 e. The van der Waals surface area contributed by atoms with Gasteiger partial charge in [-0.3, -0.25) is 19.3 Å². The van der Waals surface area contributed by atoms with Crippen LogP contribution in [0.2, 0.25) is 10.0 Å². The van der Waals surface area contributed by atoms with Crippen LogP contribution >= 0.6 is 23.2 Å². The summed E-state index contributed by atoms with van der Waals surface area (Å²) in [6.07, 6.45) is 2.57. The van der Waals surface area contributed by atoms with Gasteiger partial charge in [-0.25, -0.2) is 4.98 Å². The standard InChI is InChI=1S/C19H21Cl2N5O3/c1-19(2,17(28)29)6-3-7-26-15-14(10-23-26)24-18(25-16(15)27)22-9-11-4-5-12(20)13(21)8-11/h4-5,8,10H,3,6-7,9H2,1-2H3,(H,28,29)(H2,22,24,25,27). The highest BCUT2D eigenvalue weighted by Crippen LogP contribution is 2.24. The first kappa shape index (κ1) is 21.1. The topological polar surface area (TPSA) is 113 Å². The van der Waals surface area contributed by atoms with Crippen molar-refractivity contribution in [2.24, 2.45) is 5.41 Å². The molecule has 0 saturated heterocycles. The molecule has 0 amide bonds. The van der Waals surface area contributed by atoms with Crippen molar-refractivity contribution in [2.75, 3.05) is 5.32 Å². The zero-order valence-electron chi connectivity index (χ0n) is 16.0. The van der Waals surface area contributed by atoms with Crippen LogP contribution in [0.3, 0.4) is 0 Å². The lowest BCUT2D eigenvalue weighted by molar-refractivity contribution is -0.147. The maximum absolute atomic E-state index is 12.5. The minimum atomic E-state index is -0.847. The molecule has 1 aromatic carbocycles. The number of hydrogen-bond acceptors (Lipinski definition) is 5. The summed E-state index contributed by atoms with van der Waals surface area (Å²) in [5.41, 5.74) is 0.566. The second-order valence-electron chi connectivity index (χ2n) is 7.41. The van der Waals surface area contributed by atoms with Crippen molar-refractivity contribution in [3.63, 3.8) is 0 Å². The number of aryl methyl sites for hydroxylation is 1. The second kappa shape index (κ2) is 8.42. The minimum Gasteiger partial charge on any atom is -0.481 e. The van der Waals surface area contributed by atoms with E-state index in [1.165, 1.54) is 6.20 Å². The normalized spacial score (nSPS) is 11.7. The highest BCUT2D eigenvalue weighted by molar-refractivity contribution is 6.42. The number of anilines is 1. The van der Waals surface area contributed by atoms with Crippen molar-refractivity contribution >= 4 is 46.2 Å². The number of fused-ring (bicyclic) bond motifs is 1. The molecule has 0 atom stereocenters. The van der Waals surface area contributed by atoms with E-state index in [1.807, 2.05) is 6.07 Å². The SMILES string of the molecule is CC(C)(CCCn1ncc2nc(NCc3ccc(Cl)c(Cl)c3)[nH]c(=O)c21)C(=O)O. The van der Waals surface area contributed by atoms with Crippen LogP contribution in [0.4, 0.5) is 5.95 Å². The van der Waals surface area contributed by atoms with Crippen molar-refractivity contribution in [3.8, 4) is 0 Å². The van der Waals surface area contributed by atoms with E-state index in [0.717, 1.165) is 5.56 Å². The predicted molar refractivity (Wildman–Crippen MR) is 113 cm³/mol. The summed E-state index contributed by atoms with van der Waals surface area (Å²) in [6, 6.07) is 5.27. The molecule has 0 aliphatic heterocycles. The molecule has 2 heterocycles. The fourth-order valence-electron chi connectivity index (χ4n) is 2.87. The van der Waals surface area contributed by atoms with Gasteiger partial charge in [-0.15, -0.1) is 0 Å². The second-order valence-corrected chi connectivity index (χ2v) is 8.23. The lowest BCUT2D eigenvalue weighted by atomic mass is 9.88. The van der Waals surface area contributed by atoms with Crippen LogP contribution in [0.15, 0.2) is 29.2 Å². The lowest BCUT2D eigenvalue weighted by Crippen LogP contribution is -2.24. The Bertz CT molecular complexity index is 1110. The number of carboxylic acid groups (broad SMARTS) is 1. The van der Waals surface area contributed by atoms with Gasteiger partial charge in [-0.05, 0) is 44.4 Å². The maximum atomic E-state index is 12.5. The largest absolute Gasteiger partial charge is 0.481 e. The zero-order valence-corrected chi connectivity index (χ0v) is 17.5. The fraction of sp³-hybridized carbons (Fsp3) is 0.368. The summed E-state index contributed by atoms with van der Waals surface area (Å²) in [4.78, 5) is 30.8. The van der Waals surface area contributed by atoms with Gasteiger partial charge < -0.3 is 10.4 Å². The van der Waals surface area contributed by atoms with Crippen molar-refractivity contribution in [2.45, 2.75) is 39.8 Å². The van der Waals surface area contributed by atoms with Gasteiger partial charge in [0.25, 0.3) is 5.56 Å². The number of rotatable bonds is 8. The maximum Gasteiger partial charge on any atom is 0.309 e. The number of aromatic nitrogens is 4. The van der Waals surface area contributed by atoms with Crippen molar-refractivity contribution in [1.82, 2.24) is 19.7 Å². The zero-order chi connectivity index (χ0) is 21.2. The van der Waals surface area contributed by atoms with Gasteiger partial charge in [-0.1, -0.05) is 29.3 Å². The monoisotopic (exact) mass is 437 g/mol. The average Bonchev–Trinajstić information content (AvgIpc) is 3.06. The van der Waals surface area contributed by atoms with Gasteiger partial charge >= 0.3 is 5.97 Å². The number of halogens is 2. The van der Waals surface area contributed by atoms with E-state index in [1.54, 1.807) is 30.7 Å². The Morgan fingerprint density at radius 2 is 2.07 bits per heavy atom. The van der Waals surface area contributed by atoms with E-state index >= 15 is 0 Å². The number of carboxylic acids is 1. The van der Waals surface area contributed by atoms with Crippen molar-refractivity contribution in [1.29, 1.82) is 0 Å². The van der Waals surface area contributed by atoms with E-state index in [-0.39, 0.29) is 5.56 Å². The minimum absolute atomic E-state index is 0.318. The molecule has 3 N–H and O–H groups in total. The molecule has 2 aromatic heterocycles. The number of aromatic amines is 1. The molecule has 3 rings (SSSR count). The van der Waals surface area contributed by atoms with Crippen LogP contribution < -0.4 is 10.9 Å². The molecule has 154 valence electrons. The number of nitrogens with zero attached hydrogens (tertiary/aromatic N) is 3. The first-order valence-corrected chi connectivity index (χ1v) is 9.80. The van der Waals surface area contributed by atoms with Gasteiger partial charge in [0.1, 0.15) is 5.52 Å². The van der Waals surface area contributed by atoms with E-state index in [2.05, 4.69) is 20.4 Å². The Morgan fingerprint density at radius 3 is 2.76 bits per heavy atom. The third kappa shape index (κ3) is 4.89. The first-order valence-electron chi connectivity index (χ1n) is 9.04. The summed E-state index contributed by atoms with van der Waals surface area (Å²) in [5.74, 6) is -0.528. The molecule has 0 bridgehead atoms. The summed E-state index contributed by atoms with van der Waals surface area (Å²) in [6.45, 7) is 4.19. The first-order chi connectivity index (χ1) is 13.7. The molecule has 0 unspecified atom stereocenters. The average molecular weight is 438 g/mol. The highest BCUT2D eigenvalue weighted by Gasteiger charge is 2.26. The number of H-pyrrole nitrogens is 1. The molecule has 0 aliphatic rings. The highest BCUT2D eigenvalue weighted by atomic mass is 35.5. The summed E-state index contributed by atoms with van der Waals surface area (Å²) in [5, 5.41) is 17.4. The molecule has 0 fully saturated rings. The van der Waals surface area contributed by atoms with Gasteiger partial charge in [0.05, 0.1) is 21.7 Å². The Balaban J connectivity index is 1.71. The summed E-state index contributed by atoms with van der Waals surface area (Å²) in [7, 11) is 0. The quantitative estimate of drug-likeness (QED) is 0.491. The lowest BCUT2D eigenvalue weighted by Gasteiger charge is -2.18. The number of benzene rings is 1. The molecular weight excluding hydrogens is 417 g/mol. The van der Waals surface area contributed by atoms with Gasteiger partial charge in [0.2, 0.25) is 5.95 Å². The van der Waals surface area contributed by atoms with E-state index in [9.17, 15) is 14.7 Å². The Labute approximate surface area is 176 Å². The van der Waals surface area contributed by atoms with Crippen LogP contribution in [0.5, 0.6) is 0 Å². The molecular formula is C19H21Cl2N5O3. The van der Waals surface area contributed by atoms with E-state index in [0.29, 0.717) is 53.0 Å².